The van der Waals surface area contributed by atoms with Gasteiger partial charge in [-0.3, -0.25) is 0 Å². The summed E-state index contributed by atoms with van der Waals surface area (Å²) >= 11 is 0. The van der Waals surface area contributed by atoms with E-state index in [0.717, 1.165) is 11.1 Å². The Morgan fingerprint density at radius 1 is 0.667 bits per heavy atom. The first-order chi connectivity index (χ1) is 11.0. The topological polar surface area (TPSA) is 0 Å². The average molecular weight is 355 g/mol. The SMILES string of the molecule is CC(C)[Si](C#Cc1ccccc1C#C[Si](C)(C)C)(C(C)C)C(C)C. The van der Waals surface area contributed by atoms with E-state index in [9.17, 15) is 0 Å². The van der Waals surface area contributed by atoms with Crippen LogP contribution >= 0.6 is 0 Å². The van der Waals surface area contributed by atoms with Gasteiger partial charge in [0.2, 0.25) is 0 Å². The zero-order chi connectivity index (χ0) is 18.5. The van der Waals surface area contributed by atoms with Crippen molar-refractivity contribution in [1.82, 2.24) is 0 Å². The van der Waals surface area contributed by atoms with Crippen LogP contribution in [0.3, 0.4) is 0 Å². The second kappa shape index (κ2) is 8.24. The van der Waals surface area contributed by atoms with E-state index >= 15 is 0 Å². The minimum Gasteiger partial charge on any atom is -0.127 e. The zero-order valence-electron chi connectivity index (χ0n) is 17.0. The van der Waals surface area contributed by atoms with Gasteiger partial charge in [-0.05, 0) is 28.8 Å². The Hall–Kier alpha value is -1.23. The molecule has 0 saturated heterocycles. The Kier molecular flexibility index (Phi) is 7.15. The normalized spacial score (nSPS) is 12.0. The summed E-state index contributed by atoms with van der Waals surface area (Å²) in [6.07, 6.45) is 0. The summed E-state index contributed by atoms with van der Waals surface area (Å²) in [5, 5.41) is 0. The van der Waals surface area contributed by atoms with E-state index in [4.69, 9.17) is 0 Å². The van der Waals surface area contributed by atoms with Crippen LogP contribution in [0.25, 0.3) is 0 Å². The molecule has 130 valence electrons. The molecule has 0 fully saturated rings. The predicted octanol–water partition coefficient (Wildman–Crippen LogP) is 6.49. The van der Waals surface area contributed by atoms with Gasteiger partial charge in [-0.15, -0.1) is 11.1 Å². The molecule has 0 nitrogen and oxygen atoms in total. The molecular weight excluding hydrogens is 320 g/mol. The van der Waals surface area contributed by atoms with Crippen molar-refractivity contribution in [1.29, 1.82) is 0 Å². The third-order valence-corrected chi connectivity index (χ3v) is 11.9. The van der Waals surface area contributed by atoms with Gasteiger partial charge in [-0.25, -0.2) is 0 Å². The molecule has 24 heavy (non-hydrogen) atoms. The van der Waals surface area contributed by atoms with E-state index in [2.05, 4.69) is 108 Å². The number of hydrogen-bond acceptors (Lipinski definition) is 0. The Balaban J connectivity index is 3.41. The molecule has 1 rings (SSSR count). The van der Waals surface area contributed by atoms with Crippen molar-refractivity contribution in [3.05, 3.63) is 35.4 Å². The molecule has 0 amide bonds. The first-order valence-corrected chi connectivity index (χ1v) is 14.9. The lowest BCUT2D eigenvalue weighted by molar-refractivity contribution is 0.838. The lowest BCUT2D eigenvalue weighted by atomic mass is 10.1. The molecule has 0 aliphatic rings. The van der Waals surface area contributed by atoms with Gasteiger partial charge in [0.1, 0.15) is 16.1 Å². The monoisotopic (exact) mass is 354 g/mol. The summed E-state index contributed by atoms with van der Waals surface area (Å²) in [6, 6.07) is 8.38. The van der Waals surface area contributed by atoms with Crippen molar-refractivity contribution >= 4 is 16.1 Å². The van der Waals surface area contributed by atoms with E-state index in [1.165, 1.54) is 0 Å². The standard InChI is InChI=1S/C22H34Si2/c1-18(2)24(19(3)4,20(5)6)17-15-22-13-11-10-12-21(22)14-16-23(7,8)9/h10-13,18-20H,1-9H3. The van der Waals surface area contributed by atoms with Crippen LogP contribution in [0.1, 0.15) is 52.7 Å². The molecule has 0 atom stereocenters. The molecule has 0 aliphatic heterocycles. The van der Waals surface area contributed by atoms with E-state index in [1.54, 1.807) is 0 Å². The highest BCUT2D eigenvalue weighted by atomic mass is 28.3. The van der Waals surface area contributed by atoms with Crippen LogP contribution < -0.4 is 0 Å². The van der Waals surface area contributed by atoms with Gasteiger partial charge >= 0.3 is 0 Å². The van der Waals surface area contributed by atoms with Crippen LogP contribution in [0.15, 0.2) is 24.3 Å². The van der Waals surface area contributed by atoms with E-state index in [0.29, 0.717) is 16.6 Å². The van der Waals surface area contributed by atoms with E-state index in [1.807, 2.05) is 0 Å². The fourth-order valence-corrected chi connectivity index (χ4v) is 9.29. The molecule has 0 N–H and O–H groups in total. The third kappa shape index (κ3) is 5.13. The van der Waals surface area contributed by atoms with Crippen LogP contribution in [-0.4, -0.2) is 16.1 Å². The van der Waals surface area contributed by atoms with Crippen LogP contribution in [-0.2, 0) is 0 Å². The Bertz CT molecular complexity index is 646. The van der Waals surface area contributed by atoms with Crippen molar-refractivity contribution in [3.63, 3.8) is 0 Å². The quantitative estimate of drug-likeness (QED) is 0.430. The van der Waals surface area contributed by atoms with E-state index < -0.39 is 16.1 Å². The summed E-state index contributed by atoms with van der Waals surface area (Å²) < 4.78 is 0. The highest BCUT2D eigenvalue weighted by Gasteiger charge is 2.41. The maximum atomic E-state index is 3.82. The molecule has 0 unspecified atom stereocenters. The molecule has 1 aromatic rings. The molecule has 0 radical (unpaired) electrons. The summed E-state index contributed by atoms with van der Waals surface area (Å²) in [4.78, 5) is 0. The number of benzene rings is 1. The first kappa shape index (κ1) is 20.8. The average Bonchev–Trinajstić information content (AvgIpc) is 2.44. The van der Waals surface area contributed by atoms with Gasteiger partial charge < -0.3 is 0 Å². The van der Waals surface area contributed by atoms with Crippen molar-refractivity contribution in [2.45, 2.75) is 77.8 Å². The van der Waals surface area contributed by atoms with Crippen LogP contribution in [0.5, 0.6) is 0 Å². The maximum Gasteiger partial charge on any atom is 0.146 e. The highest BCUT2D eigenvalue weighted by Crippen LogP contribution is 2.40. The number of hydrogen-bond donors (Lipinski definition) is 0. The number of rotatable bonds is 3. The zero-order valence-corrected chi connectivity index (χ0v) is 19.0. The van der Waals surface area contributed by atoms with E-state index in [-0.39, 0.29) is 0 Å². The maximum absolute atomic E-state index is 3.82. The summed E-state index contributed by atoms with van der Waals surface area (Å²) in [5.74, 6) is 6.96. The third-order valence-electron chi connectivity index (χ3n) is 4.78. The van der Waals surface area contributed by atoms with Crippen LogP contribution in [0, 0.1) is 22.9 Å². The van der Waals surface area contributed by atoms with Crippen molar-refractivity contribution in [2.24, 2.45) is 0 Å². The summed E-state index contributed by atoms with van der Waals surface area (Å²) in [5.41, 5.74) is 11.5. The Labute approximate surface area is 152 Å². The van der Waals surface area contributed by atoms with Gasteiger partial charge in [0.05, 0.1) is 0 Å². The smallest absolute Gasteiger partial charge is 0.127 e. The van der Waals surface area contributed by atoms with Gasteiger partial charge in [0.25, 0.3) is 0 Å². The van der Waals surface area contributed by atoms with Crippen molar-refractivity contribution < 1.29 is 0 Å². The fourth-order valence-electron chi connectivity index (χ4n) is 3.56. The largest absolute Gasteiger partial charge is 0.146 e. The lowest BCUT2D eigenvalue weighted by Gasteiger charge is -2.38. The van der Waals surface area contributed by atoms with Gasteiger partial charge in [0, 0.05) is 11.1 Å². The molecule has 0 spiro atoms. The molecule has 0 bridgehead atoms. The molecule has 0 aliphatic carbocycles. The van der Waals surface area contributed by atoms with Crippen molar-refractivity contribution in [3.8, 4) is 22.9 Å². The Morgan fingerprint density at radius 2 is 1.04 bits per heavy atom. The predicted molar refractivity (Wildman–Crippen MR) is 115 cm³/mol. The van der Waals surface area contributed by atoms with Gasteiger partial charge in [-0.1, -0.05) is 85.2 Å². The highest BCUT2D eigenvalue weighted by molar-refractivity contribution is 6.90. The second-order valence-electron chi connectivity index (χ2n) is 8.69. The minimum atomic E-state index is -1.69. The minimum absolute atomic E-state index is 0.658. The second-order valence-corrected chi connectivity index (χ2v) is 19.0. The fraction of sp³-hybridized carbons (Fsp3) is 0.545. The molecule has 0 heterocycles. The molecule has 2 heteroatoms. The molecule has 0 saturated carbocycles. The van der Waals surface area contributed by atoms with Crippen molar-refractivity contribution in [2.75, 3.05) is 0 Å². The van der Waals surface area contributed by atoms with Crippen LogP contribution in [0.4, 0.5) is 0 Å². The molecular formula is C22H34Si2. The lowest BCUT2D eigenvalue weighted by Crippen LogP contribution is -2.43. The molecule has 0 aromatic heterocycles. The van der Waals surface area contributed by atoms with Crippen LogP contribution in [0.2, 0.25) is 36.3 Å². The van der Waals surface area contributed by atoms with Gasteiger partial charge in [-0.2, -0.15) is 0 Å². The Morgan fingerprint density at radius 3 is 1.38 bits per heavy atom. The summed E-state index contributed by atoms with van der Waals surface area (Å²) in [7, 11) is -3.07. The van der Waals surface area contributed by atoms with Gasteiger partial charge in [0.15, 0.2) is 0 Å². The molecule has 1 aromatic carbocycles. The summed E-state index contributed by atoms with van der Waals surface area (Å²) in [6.45, 7) is 21.0. The first-order valence-electron chi connectivity index (χ1n) is 9.16.